The van der Waals surface area contributed by atoms with Crippen molar-refractivity contribution in [1.82, 2.24) is 4.90 Å². The Hall–Kier alpha value is -2.42. The highest BCUT2D eigenvalue weighted by atomic mass is 32.1. The first-order valence-corrected chi connectivity index (χ1v) is 12.8. The van der Waals surface area contributed by atoms with Crippen molar-refractivity contribution in [1.29, 1.82) is 0 Å². The normalized spacial score (nSPS) is 18.8. The molecule has 34 heavy (non-hydrogen) atoms. The lowest BCUT2D eigenvalue weighted by Gasteiger charge is -2.33. The average Bonchev–Trinajstić information content (AvgIpc) is 3.16. The van der Waals surface area contributed by atoms with Gasteiger partial charge in [-0.2, -0.15) is 0 Å². The largest absolute Gasteiger partial charge is 0.497 e. The summed E-state index contributed by atoms with van der Waals surface area (Å²) < 4.78 is 10.6. The summed E-state index contributed by atoms with van der Waals surface area (Å²) in [4.78, 5) is 29.6. The number of carbonyl (C=O) groups excluding carboxylic acids is 2. The molecular formula is C26H35N3O4S. The second-order valence-corrected chi connectivity index (χ2v) is 11.2. The summed E-state index contributed by atoms with van der Waals surface area (Å²) in [6, 6.07) is 7.28. The Morgan fingerprint density at radius 3 is 2.50 bits per heavy atom. The molecule has 0 radical (unpaired) electrons. The molecule has 0 saturated carbocycles. The van der Waals surface area contributed by atoms with Crippen LogP contribution in [0.2, 0.25) is 0 Å². The predicted octanol–water partition coefficient (Wildman–Crippen LogP) is 4.43. The number of amides is 2. The second-order valence-electron chi connectivity index (χ2n) is 10.1. The van der Waals surface area contributed by atoms with Gasteiger partial charge in [0.15, 0.2) is 0 Å². The number of methoxy groups -OCH3 is 1. The Bertz CT molecular complexity index is 1020. The fourth-order valence-electron chi connectivity index (χ4n) is 4.65. The van der Waals surface area contributed by atoms with Crippen molar-refractivity contribution in [3.63, 3.8) is 0 Å². The van der Waals surface area contributed by atoms with E-state index in [1.54, 1.807) is 18.4 Å². The van der Waals surface area contributed by atoms with E-state index in [1.165, 1.54) is 4.88 Å². The van der Waals surface area contributed by atoms with E-state index >= 15 is 0 Å². The molecule has 1 aliphatic carbocycles. The predicted molar refractivity (Wildman–Crippen MR) is 136 cm³/mol. The molecule has 1 saturated heterocycles. The van der Waals surface area contributed by atoms with Gasteiger partial charge in [-0.25, -0.2) is 0 Å². The van der Waals surface area contributed by atoms with Crippen molar-refractivity contribution < 1.29 is 19.1 Å². The number of ether oxygens (including phenoxy) is 2. The highest BCUT2D eigenvalue weighted by Gasteiger charge is 2.34. The maximum atomic E-state index is 13.5. The number of nitrogens with one attached hydrogen (secondary N) is 2. The zero-order valence-corrected chi connectivity index (χ0v) is 21.3. The van der Waals surface area contributed by atoms with Crippen LogP contribution in [0.25, 0.3) is 0 Å². The summed E-state index contributed by atoms with van der Waals surface area (Å²) >= 11 is 1.56. The van der Waals surface area contributed by atoms with Crippen molar-refractivity contribution in [2.45, 2.75) is 40.0 Å². The van der Waals surface area contributed by atoms with Crippen LogP contribution < -0.4 is 15.4 Å². The third-order valence-electron chi connectivity index (χ3n) is 6.79. The topological polar surface area (TPSA) is 79.9 Å². The van der Waals surface area contributed by atoms with Gasteiger partial charge in [-0.1, -0.05) is 20.8 Å². The van der Waals surface area contributed by atoms with Gasteiger partial charge in [-0.15, -0.1) is 11.3 Å². The molecule has 2 aliphatic rings. The number of thiophene rings is 1. The molecule has 2 amide bonds. The number of hydrogen-bond donors (Lipinski definition) is 2. The summed E-state index contributed by atoms with van der Waals surface area (Å²) in [5, 5.41) is 6.74. The Balaban J connectivity index is 1.57. The first kappa shape index (κ1) is 24.7. The van der Waals surface area contributed by atoms with Crippen molar-refractivity contribution >= 4 is 33.8 Å². The lowest BCUT2D eigenvalue weighted by atomic mass is 9.72. The van der Waals surface area contributed by atoms with E-state index < -0.39 is 0 Å². The molecule has 1 aromatic heterocycles. The number of fused-ring (bicyclic) bond motifs is 1. The molecule has 2 N–H and O–H groups in total. The fraction of sp³-hybridized carbons (Fsp3) is 0.538. The van der Waals surface area contributed by atoms with E-state index in [4.69, 9.17) is 9.47 Å². The summed E-state index contributed by atoms with van der Waals surface area (Å²) in [5.74, 6) is 1.01. The van der Waals surface area contributed by atoms with E-state index in [1.807, 2.05) is 24.3 Å². The Kier molecular flexibility index (Phi) is 7.60. The minimum absolute atomic E-state index is 0.0913. The van der Waals surface area contributed by atoms with Gasteiger partial charge in [0.1, 0.15) is 10.8 Å². The first-order valence-electron chi connectivity index (χ1n) is 11.9. The first-order chi connectivity index (χ1) is 16.2. The van der Waals surface area contributed by atoms with Gasteiger partial charge in [-0.3, -0.25) is 14.5 Å². The Labute approximate surface area is 205 Å². The van der Waals surface area contributed by atoms with Crippen LogP contribution >= 0.6 is 11.3 Å². The number of anilines is 2. The minimum Gasteiger partial charge on any atom is -0.497 e. The van der Waals surface area contributed by atoms with Crippen LogP contribution in [-0.2, 0) is 22.4 Å². The van der Waals surface area contributed by atoms with Crippen molar-refractivity contribution in [3.8, 4) is 5.75 Å². The van der Waals surface area contributed by atoms with Crippen LogP contribution in [0, 0.1) is 11.3 Å². The summed E-state index contributed by atoms with van der Waals surface area (Å²) in [7, 11) is 1.61. The molecule has 184 valence electrons. The van der Waals surface area contributed by atoms with Gasteiger partial charge in [0.2, 0.25) is 5.91 Å². The molecule has 2 heterocycles. The summed E-state index contributed by atoms with van der Waals surface area (Å²) in [6.07, 6.45) is 2.82. The van der Waals surface area contributed by atoms with E-state index in [-0.39, 0.29) is 17.2 Å². The van der Waals surface area contributed by atoms with Crippen LogP contribution in [0.4, 0.5) is 10.7 Å². The smallest absolute Gasteiger partial charge is 0.258 e. The highest BCUT2D eigenvalue weighted by Crippen LogP contribution is 2.44. The van der Waals surface area contributed by atoms with Gasteiger partial charge in [0.25, 0.3) is 5.91 Å². The fourth-order valence-corrected chi connectivity index (χ4v) is 5.99. The molecule has 7 nitrogen and oxygen atoms in total. The number of benzene rings is 1. The van der Waals surface area contributed by atoms with Gasteiger partial charge < -0.3 is 20.1 Å². The number of morpholine rings is 1. The second kappa shape index (κ2) is 10.5. The lowest BCUT2D eigenvalue weighted by molar-refractivity contribution is -0.118. The molecule has 1 atom stereocenters. The Morgan fingerprint density at radius 1 is 1.15 bits per heavy atom. The molecule has 0 bridgehead atoms. The van der Waals surface area contributed by atoms with E-state index in [0.29, 0.717) is 41.9 Å². The van der Waals surface area contributed by atoms with Crippen LogP contribution in [0.5, 0.6) is 5.75 Å². The molecule has 8 heteroatoms. The maximum absolute atomic E-state index is 13.5. The van der Waals surface area contributed by atoms with E-state index in [0.717, 1.165) is 43.7 Å². The van der Waals surface area contributed by atoms with Crippen molar-refractivity contribution in [3.05, 3.63) is 40.3 Å². The standard InChI is InChI=1S/C26H35N3O4S/c1-26(2,3)17-5-10-20-21(15-17)34-25(28-22(30)16-29-11-13-33-14-12-29)23(20)24(31)27-18-6-8-19(32-4)9-7-18/h6-9,17H,5,10-16H2,1-4H3,(H,27,31)(H,28,30)/t17-/m1/s1. The molecule has 1 aliphatic heterocycles. The SMILES string of the molecule is COc1ccc(NC(=O)c2c(NC(=O)CN3CCOCC3)sc3c2CC[C@@H](C(C)(C)C)C3)cc1. The van der Waals surface area contributed by atoms with Gasteiger partial charge >= 0.3 is 0 Å². The Morgan fingerprint density at radius 2 is 1.85 bits per heavy atom. The van der Waals surface area contributed by atoms with Crippen LogP contribution in [0.3, 0.4) is 0 Å². The quantitative estimate of drug-likeness (QED) is 0.633. The number of carbonyl (C=O) groups is 2. The third kappa shape index (κ3) is 5.79. The molecule has 4 rings (SSSR count). The van der Waals surface area contributed by atoms with Crippen molar-refractivity contribution in [2.75, 3.05) is 50.6 Å². The van der Waals surface area contributed by atoms with Gasteiger partial charge in [-0.05, 0) is 60.4 Å². The molecular weight excluding hydrogens is 450 g/mol. The zero-order chi connectivity index (χ0) is 24.3. The summed E-state index contributed by atoms with van der Waals surface area (Å²) in [6.45, 7) is 9.90. The molecule has 0 spiro atoms. The number of nitrogens with zero attached hydrogens (tertiary/aromatic N) is 1. The summed E-state index contributed by atoms with van der Waals surface area (Å²) in [5.41, 5.74) is 2.59. The maximum Gasteiger partial charge on any atom is 0.258 e. The molecule has 1 fully saturated rings. The minimum atomic E-state index is -0.182. The van der Waals surface area contributed by atoms with Gasteiger partial charge in [0.05, 0.1) is 32.4 Å². The molecule has 1 aromatic carbocycles. The molecule has 2 aromatic rings. The monoisotopic (exact) mass is 485 g/mol. The van der Waals surface area contributed by atoms with E-state index in [2.05, 4.69) is 36.3 Å². The number of hydrogen-bond acceptors (Lipinski definition) is 6. The highest BCUT2D eigenvalue weighted by molar-refractivity contribution is 7.17. The lowest BCUT2D eigenvalue weighted by Crippen LogP contribution is -2.41. The van der Waals surface area contributed by atoms with Crippen molar-refractivity contribution in [2.24, 2.45) is 11.3 Å². The van der Waals surface area contributed by atoms with Crippen LogP contribution in [-0.4, -0.2) is 56.7 Å². The average molecular weight is 486 g/mol. The third-order valence-corrected chi connectivity index (χ3v) is 7.96. The van der Waals surface area contributed by atoms with Crippen LogP contribution in [0.1, 0.15) is 48.0 Å². The van der Waals surface area contributed by atoms with Crippen LogP contribution in [0.15, 0.2) is 24.3 Å². The zero-order valence-electron chi connectivity index (χ0n) is 20.5. The molecule has 0 unspecified atom stereocenters. The number of rotatable bonds is 6. The van der Waals surface area contributed by atoms with E-state index in [9.17, 15) is 9.59 Å². The van der Waals surface area contributed by atoms with Gasteiger partial charge in [0, 0.05) is 23.7 Å².